The van der Waals surface area contributed by atoms with Crippen LogP contribution in [0.3, 0.4) is 0 Å². The summed E-state index contributed by atoms with van der Waals surface area (Å²) in [6, 6.07) is 3.18. The molecule has 1 atom stereocenters. The number of aliphatic imine (C=N–C) groups is 1. The Bertz CT molecular complexity index is 359. The Morgan fingerprint density at radius 3 is 2.43 bits per heavy atom. The summed E-state index contributed by atoms with van der Waals surface area (Å²) in [7, 11) is 0. The van der Waals surface area contributed by atoms with Crippen LogP contribution in [0.2, 0.25) is 0 Å². The van der Waals surface area contributed by atoms with E-state index in [1.165, 1.54) is 6.07 Å². The van der Waals surface area contributed by atoms with Gasteiger partial charge in [0.15, 0.2) is 17.6 Å². The molecule has 0 saturated heterocycles. The summed E-state index contributed by atoms with van der Waals surface area (Å²) in [5.74, 6) is -1.87. The molecule has 0 spiro atoms. The molecule has 0 fully saturated rings. The molecule has 0 aliphatic carbocycles. The third-order valence-electron chi connectivity index (χ3n) is 1.77. The van der Waals surface area contributed by atoms with Gasteiger partial charge in [-0.05, 0) is 24.6 Å². The van der Waals surface area contributed by atoms with Gasteiger partial charge in [0.1, 0.15) is 0 Å². The number of hydrogen-bond donors (Lipinski definition) is 2. The van der Waals surface area contributed by atoms with E-state index in [-0.39, 0.29) is 12.0 Å². The first-order valence-electron chi connectivity index (χ1n) is 4.04. The molecule has 4 N–H and O–H groups in total. The molecule has 1 rings (SSSR count). The predicted octanol–water partition coefficient (Wildman–Crippen LogP) is 1.30. The third-order valence-corrected chi connectivity index (χ3v) is 1.77. The number of nitrogens with zero attached hydrogens (tertiary/aromatic N) is 1. The Morgan fingerprint density at radius 2 is 1.93 bits per heavy atom. The van der Waals surface area contributed by atoms with Gasteiger partial charge in [0.2, 0.25) is 0 Å². The van der Waals surface area contributed by atoms with Gasteiger partial charge < -0.3 is 11.5 Å². The van der Waals surface area contributed by atoms with Crippen LogP contribution >= 0.6 is 0 Å². The van der Waals surface area contributed by atoms with Crippen LogP contribution < -0.4 is 11.5 Å². The average Bonchev–Trinajstić information content (AvgIpc) is 2.08. The molecular formula is C9H11F2N3. The maximum absolute atomic E-state index is 12.8. The summed E-state index contributed by atoms with van der Waals surface area (Å²) < 4.78 is 25.4. The van der Waals surface area contributed by atoms with E-state index >= 15 is 0 Å². The maximum atomic E-state index is 12.8. The van der Waals surface area contributed by atoms with Crippen LogP contribution in [0.4, 0.5) is 8.78 Å². The zero-order chi connectivity index (χ0) is 10.7. The highest BCUT2D eigenvalue weighted by atomic mass is 19.2. The van der Waals surface area contributed by atoms with Crippen molar-refractivity contribution in [1.29, 1.82) is 0 Å². The number of nitrogens with two attached hydrogens (primary N) is 2. The lowest BCUT2D eigenvalue weighted by molar-refractivity contribution is 0.506. The fourth-order valence-electron chi connectivity index (χ4n) is 1.07. The van der Waals surface area contributed by atoms with Crippen molar-refractivity contribution in [2.24, 2.45) is 16.5 Å². The first-order chi connectivity index (χ1) is 6.50. The number of hydrogen-bond acceptors (Lipinski definition) is 1. The van der Waals surface area contributed by atoms with Crippen LogP contribution in [0.25, 0.3) is 0 Å². The van der Waals surface area contributed by atoms with Crippen molar-refractivity contribution in [3.05, 3.63) is 35.4 Å². The van der Waals surface area contributed by atoms with E-state index in [9.17, 15) is 8.78 Å². The highest BCUT2D eigenvalue weighted by molar-refractivity contribution is 5.75. The SMILES string of the molecule is CC(N=C(N)N)c1ccc(F)c(F)c1. The number of benzene rings is 1. The third kappa shape index (κ3) is 2.42. The molecule has 0 aromatic heterocycles. The first kappa shape index (κ1) is 10.4. The zero-order valence-electron chi connectivity index (χ0n) is 7.67. The molecule has 76 valence electrons. The summed E-state index contributed by atoms with van der Waals surface area (Å²) in [4.78, 5) is 3.80. The van der Waals surface area contributed by atoms with Gasteiger partial charge in [-0.2, -0.15) is 0 Å². The smallest absolute Gasteiger partial charge is 0.186 e. The van der Waals surface area contributed by atoms with Crippen molar-refractivity contribution in [2.75, 3.05) is 0 Å². The van der Waals surface area contributed by atoms with E-state index in [1.807, 2.05) is 0 Å². The first-order valence-corrected chi connectivity index (χ1v) is 4.04. The molecule has 0 aliphatic heterocycles. The van der Waals surface area contributed by atoms with Crippen molar-refractivity contribution in [3.8, 4) is 0 Å². The van der Waals surface area contributed by atoms with E-state index in [0.717, 1.165) is 12.1 Å². The van der Waals surface area contributed by atoms with Gasteiger partial charge in [0, 0.05) is 0 Å². The van der Waals surface area contributed by atoms with E-state index in [4.69, 9.17) is 11.5 Å². The van der Waals surface area contributed by atoms with Gasteiger partial charge in [0.25, 0.3) is 0 Å². The van der Waals surface area contributed by atoms with Crippen LogP contribution in [0, 0.1) is 11.6 Å². The van der Waals surface area contributed by atoms with Crippen molar-refractivity contribution >= 4 is 5.96 Å². The molecule has 0 aliphatic rings. The highest BCUT2D eigenvalue weighted by Gasteiger charge is 2.07. The average molecular weight is 199 g/mol. The molecule has 0 amide bonds. The van der Waals surface area contributed by atoms with E-state index in [2.05, 4.69) is 4.99 Å². The molecule has 1 aromatic carbocycles. The van der Waals surface area contributed by atoms with Crippen LogP contribution in [0.15, 0.2) is 23.2 Å². The Labute approximate surface area is 80.4 Å². The Balaban J connectivity index is 2.97. The van der Waals surface area contributed by atoms with Crippen molar-refractivity contribution in [2.45, 2.75) is 13.0 Å². The van der Waals surface area contributed by atoms with Crippen molar-refractivity contribution < 1.29 is 8.78 Å². The van der Waals surface area contributed by atoms with Crippen LogP contribution in [0.1, 0.15) is 18.5 Å². The summed E-state index contributed by atoms with van der Waals surface area (Å²) in [5.41, 5.74) is 10.8. The quantitative estimate of drug-likeness (QED) is 0.557. The number of guanidine groups is 1. The maximum Gasteiger partial charge on any atom is 0.186 e. The van der Waals surface area contributed by atoms with Gasteiger partial charge in [-0.1, -0.05) is 6.07 Å². The highest BCUT2D eigenvalue weighted by Crippen LogP contribution is 2.18. The number of halogens is 2. The Hall–Kier alpha value is -1.65. The number of rotatable bonds is 2. The lowest BCUT2D eigenvalue weighted by Gasteiger charge is -2.07. The minimum atomic E-state index is -0.903. The van der Waals surface area contributed by atoms with Crippen molar-refractivity contribution in [1.82, 2.24) is 0 Å². The predicted molar refractivity (Wildman–Crippen MR) is 50.6 cm³/mol. The van der Waals surface area contributed by atoms with Gasteiger partial charge in [-0.15, -0.1) is 0 Å². The normalized spacial score (nSPS) is 12.2. The summed E-state index contributed by atoms with van der Waals surface area (Å²) in [6.45, 7) is 1.69. The second kappa shape index (κ2) is 4.04. The Kier molecular flexibility index (Phi) is 3.01. The zero-order valence-corrected chi connectivity index (χ0v) is 7.67. The van der Waals surface area contributed by atoms with Gasteiger partial charge in [-0.25, -0.2) is 13.8 Å². The van der Waals surface area contributed by atoms with E-state index in [1.54, 1.807) is 6.92 Å². The fourth-order valence-corrected chi connectivity index (χ4v) is 1.07. The van der Waals surface area contributed by atoms with E-state index in [0.29, 0.717) is 5.56 Å². The molecule has 0 radical (unpaired) electrons. The van der Waals surface area contributed by atoms with E-state index < -0.39 is 11.6 Å². The molecule has 14 heavy (non-hydrogen) atoms. The largest absolute Gasteiger partial charge is 0.370 e. The Morgan fingerprint density at radius 1 is 1.29 bits per heavy atom. The van der Waals surface area contributed by atoms with Gasteiger partial charge in [-0.3, -0.25) is 0 Å². The summed E-state index contributed by atoms with van der Waals surface area (Å²) >= 11 is 0. The summed E-state index contributed by atoms with van der Waals surface area (Å²) in [5, 5.41) is 0. The standard InChI is InChI=1S/C9H11F2N3/c1-5(14-9(12)13)6-2-3-7(10)8(11)4-6/h2-5H,1H3,(H4,12,13,14). The fraction of sp³-hybridized carbons (Fsp3) is 0.222. The van der Waals surface area contributed by atoms with Crippen molar-refractivity contribution in [3.63, 3.8) is 0 Å². The van der Waals surface area contributed by atoms with Crippen LogP contribution in [-0.2, 0) is 0 Å². The molecule has 1 aromatic rings. The molecule has 0 bridgehead atoms. The molecular weight excluding hydrogens is 188 g/mol. The van der Waals surface area contributed by atoms with Crippen LogP contribution in [0.5, 0.6) is 0 Å². The summed E-state index contributed by atoms with van der Waals surface area (Å²) in [6.07, 6.45) is 0. The molecule has 1 unspecified atom stereocenters. The topological polar surface area (TPSA) is 64.4 Å². The monoisotopic (exact) mass is 199 g/mol. The van der Waals surface area contributed by atoms with Gasteiger partial charge >= 0.3 is 0 Å². The molecule has 0 heterocycles. The van der Waals surface area contributed by atoms with Crippen LogP contribution in [-0.4, -0.2) is 5.96 Å². The minimum absolute atomic E-state index is 0.0813. The lowest BCUT2D eigenvalue weighted by Crippen LogP contribution is -2.23. The lowest BCUT2D eigenvalue weighted by atomic mass is 10.1. The second-order valence-corrected chi connectivity index (χ2v) is 2.90. The molecule has 0 saturated carbocycles. The molecule has 3 nitrogen and oxygen atoms in total. The minimum Gasteiger partial charge on any atom is -0.370 e. The second-order valence-electron chi connectivity index (χ2n) is 2.90. The molecule has 5 heteroatoms. The van der Waals surface area contributed by atoms with Gasteiger partial charge in [0.05, 0.1) is 6.04 Å².